The highest BCUT2D eigenvalue weighted by atomic mass is 35.5. The number of aryl methyl sites for hydroxylation is 2. The first-order chi connectivity index (χ1) is 11.9. The maximum Gasteiger partial charge on any atom is 0.297 e. The van der Waals surface area contributed by atoms with Gasteiger partial charge in [-0.05, 0) is 55.5 Å². The molecular formula is C19H19ClO4S. The summed E-state index contributed by atoms with van der Waals surface area (Å²) in [6, 6.07) is 8.64. The summed E-state index contributed by atoms with van der Waals surface area (Å²) in [5, 5.41) is 0.708. The molecule has 0 bridgehead atoms. The van der Waals surface area contributed by atoms with Crippen LogP contribution in [0.5, 0.6) is 5.75 Å². The Bertz CT molecular complexity index is 919. The third kappa shape index (κ3) is 3.16. The van der Waals surface area contributed by atoms with E-state index in [1.165, 1.54) is 11.1 Å². The van der Waals surface area contributed by atoms with Gasteiger partial charge >= 0.3 is 0 Å². The summed E-state index contributed by atoms with van der Waals surface area (Å²) >= 11 is 6.38. The first kappa shape index (κ1) is 16.9. The minimum absolute atomic E-state index is 0.0179. The van der Waals surface area contributed by atoms with Crippen molar-refractivity contribution in [1.82, 2.24) is 0 Å². The molecule has 1 atom stereocenters. The fourth-order valence-electron chi connectivity index (χ4n) is 3.52. The lowest BCUT2D eigenvalue weighted by atomic mass is 10.0. The van der Waals surface area contributed by atoms with Crippen LogP contribution in [0, 0.1) is 6.92 Å². The summed E-state index contributed by atoms with van der Waals surface area (Å²) in [6.07, 6.45) is 3.36. The number of hydrogen-bond donors (Lipinski definition) is 0. The molecule has 2 aromatic carbocycles. The van der Waals surface area contributed by atoms with E-state index in [0.717, 1.165) is 36.1 Å². The van der Waals surface area contributed by atoms with Crippen LogP contribution in [0.1, 0.15) is 28.7 Å². The van der Waals surface area contributed by atoms with E-state index in [9.17, 15) is 8.42 Å². The molecule has 1 aliphatic carbocycles. The average molecular weight is 379 g/mol. The van der Waals surface area contributed by atoms with Crippen molar-refractivity contribution in [2.75, 3.05) is 6.61 Å². The predicted molar refractivity (Wildman–Crippen MR) is 95.9 cm³/mol. The molecule has 0 radical (unpaired) electrons. The van der Waals surface area contributed by atoms with Gasteiger partial charge in [0.25, 0.3) is 10.1 Å². The standard InChI is InChI=1S/C19H19ClO4S/c1-12-5-7-15(8-6-12)25(21,22)23-11-14-10-17-18(20)9-13-3-2-4-16(13)19(17)24-14/h5-9,14H,2-4,10-11H2,1H3. The van der Waals surface area contributed by atoms with E-state index in [4.69, 9.17) is 20.5 Å². The maximum atomic E-state index is 12.3. The molecule has 1 heterocycles. The fourth-order valence-corrected chi connectivity index (χ4v) is 4.75. The Morgan fingerprint density at radius 1 is 1.20 bits per heavy atom. The second-order valence-corrected chi connectivity index (χ2v) is 8.68. The molecule has 0 amide bonds. The molecule has 0 saturated carbocycles. The Labute approximate surface area is 152 Å². The Balaban J connectivity index is 1.48. The second-order valence-electron chi connectivity index (χ2n) is 6.65. The van der Waals surface area contributed by atoms with E-state index in [0.29, 0.717) is 11.4 Å². The van der Waals surface area contributed by atoms with Crippen LogP contribution < -0.4 is 4.74 Å². The van der Waals surface area contributed by atoms with Crippen molar-refractivity contribution in [2.24, 2.45) is 0 Å². The number of fused-ring (bicyclic) bond motifs is 3. The Hall–Kier alpha value is -1.56. The van der Waals surface area contributed by atoms with Crippen LogP contribution in [0.15, 0.2) is 35.2 Å². The minimum Gasteiger partial charge on any atom is -0.487 e. The number of hydrogen-bond acceptors (Lipinski definition) is 4. The number of benzene rings is 2. The van der Waals surface area contributed by atoms with Gasteiger partial charge in [-0.25, -0.2) is 0 Å². The van der Waals surface area contributed by atoms with Crippen molar-refractivity contribution < 1.29 is 17.3 Å². The van der Waals surface area contributed by atoms with E-state index in [1.54, 1.807) is 24.3 Å². The van der Waals surface area contributed by atoms with Gasteiger partial charge < -0.3 is 4.74 Å². The highest BCUT2D eigenvalue weighted by molar-refractivity contribution is 7.86. The van der Waals surface area contributed by atoms with Crippen molar-refractivity contribution in [1.29, 1.82) is 0 Å². The molecule has 4 rings (SSSR count). The molecule has 0 fully saturated rings. The van der Waals surface area contributed by atoms with Crippen molar-refractivity contribution in [2.45, 2.75) is 43.6 Å². The van der Waals surface area contributed by atoms with Gasteiger partial charge in [-0.3, -0.25) is 4.18 Å². The van der Waals surface area contributed by atoms with Crippen LogP contribution in [0.3, 0.4) is 0 Å². The second kappa shape index (κ2) is 6.31. The zero-order valence-corrected chi connectivity index (χ0v) is 15.5. The van der Waals surface area contributed by atoms with E-state index in [2.05, 4.69) is 0 Å². The van der Waals surface area contributed by atoms with Gasteiger partial charge in [-0.15, -0.1) is 0 Å². The van der Waals surface area contributed by atoms with Crippen molar-refractivity contribution in [3.8, 4) is 5.75 Å². The quantitative estimate of drug-likeness (QED) is 0.758. The molecule has 0 aromatic heterocycles. The normalized spacial score (nSPS) is 18.7. The van der Waals surface area contributed by atoms with Gasteiger partial charge in [0.05, 0.1) is 4.90 Å². The number of ether oxygens (including phenoxy) is 1. The van der Waals surface area contributed by atoms with Crippen LogP contribution in [0.4, 0.5) is 0 Å². The summed E-state index contributed by atoms with van der Waals surface area (Å²) in [5.41, 5.74) is 4.45. The van der Waals surface area contributed by atoms with Gasteiger partial charge in [0.2, 0.25) is 0 Å². The topological polar surface area (TPSA) is 52.6 Å². The molecule has 6 heteroatoms. The van der Waals surface area contributed by atoms with Crippen molar-refractivity contribution in [3.05, 3.63) is 57.6 Å². The monoisotopic (exact) mass is 378 g/mol. The molecule has 0 spiro atoms. The van der Waals surface area contributed by atoms with Crippen LogP contribution in [-0.4, -0.2) is 21.1 Å². The molecule has 0 saturated heterocycles. The highest BCUT2D eigenvalue weighted by Gasteiger charge is 2.32. The summed E-state index contributed by atoms with van der Waals surface area (Å²) in [5.74, 6) is 0.848. The van der Waals surface area contributed by atoms with E-state index >= 15 is 0 Å². The number of halogens is 1. The van der Waals surface area contributed by atoms with Crippen LogP contribution in [0.25, 0.3) is 0 Å². The molecule has 1 unspecified atom stereocenters. The Kier molecular flexibility index (Phi) is 4.26. The first-order valence-electron chi connectivity index (χ1n) is 8.40. The third-order valence-electron chi connectivity index (χ3n) is 4.83. The summed E-state index contributed by atoms with van der Waals surface area (Å²) < 4.78 is 35.9. The Morgan fingerprint density at radius 3 is 2.72 bits per heavy atom. The first-order valence-corrected chi connectivity index (χ1v) is 10.2. The lowest BCUT2D eigenvalue weighted by molar-refractivity contribution is 0.151. The molecule has 2 aromatic rings. The molecule has 132 valence electrons. The smallest absolute Gasteiger partial charge is 0.297 e. The zero-order chi connectivity index (χ0) is 17.6. The zero-order valence-electron chi connectivity index (χ0n) is 13.9. The summed E-state index contributed by atoms with van der Waals surface area (Å²) in [7, 11) is -3.79. The van der Waals surface area contributed by atoms with Crippen LogP contribution in [0.2, 0.25) is 5.02 Å². The van der Waals surface area contributed by atoms with Gasteiger partial charge in [-0.2, -0.15) is 8.42 Å². The van der Waals surface area contributed by atoms with Crippen molar-refractivity contribution in [3.63, 3.8) is 0 Å². The summed E-state index contributed by atoms with van der Waals surface area (Å²) in [6.45, 7) is 1.89. The lowest BCUT2D eigenvalue weighted by Crippen LogP contribution is -2.23. The van der Waals surface area contributed by atoms with Crippen molar-refractivity contribution >= 4 is 21.7 Å². The van der Waals surface area contributed by atoms with E-state index < -0.39 is 10.1 Å². The fraction of sp³-hybridized carbons (Fsp3) is 0.368. The maximum absolute atomic E-state index is 12.3. The molecule has 4 nitrogen and oxygen atoms in total. The van der Waals surface area contributed by atoms with Gasteiger partial charge in [0, 0.05) is 17.0 Å². The van der Waals surface area contributed by atoms with E-state index in [1.807, 2.05) is 13.0 Å². The highest BCUT2D eigenvalue weighted by Crippen LogP contribution is 2.43. The van der Waals surface area contributed by atoms with Gasteiger partial charge in [0.15, 0.2) is 0 Å². The van der Waals surface area contributed by atoms with E-state index in [-0.39, 0.29) is 17.6 Å². The van der Waals surface area contributed by atoms with Gasteiger partial charge in [0.1, 0.15) is 18.5 Å². The Morgan fingerprint density at radius 2 is 1.96 bits per heavy atom. The molecular weight excluding hydrogens is 360 g/mol. The van der Waals surface area contributed by atoms with Gasteiger partial charge in [-0.1, -0.05) is 29.3 Å². The largest absolute Gasteiger partial charge is 0.487 e. The molecule has 1 aliphatic heterocycles. The third-order valence-corrected chi connectivity index (χ3v) is 6.47. The lowest BCUT2D eigenvalue weighted by Gasteiger charge is -2.13. The molecule has 2 aliphatic rings. The SMILES string of the molecule is Cc1ccc(S(=O)(=O)OCC2Cc3c(Cl)cc4c(c3O2)CCC4)cc1. The number of rotatable bonds is 4. The molecule has 0 N–H and O–H groups in total. The summed E-state index contributed by atoms with van der Waals surface area (Å²) in [4.78, 5) is 0.160. The van der Waals surface area contributed by atoms with Crippen LogP contribution >= 0.6 is 11.6 Å². The predicted octanol–water partition coefficient (Wildman–Crippen LogP) is 3.85. The minimum atomic E-state index is -3.79. The average Bonchev–Trinajstić information content (AvgIpc) is 3.20. The molecule has 25 heavy (non-hydrogen) atoms. The van der Waals surface area contributed by atoms with Crippen LogP contribution in [-0.2, 0) is 33.6 Å².